The summed E-state index contributed by atoms with van der Waals surface area (Å²) in [4.78, 5) is 22.9. The molecule has 1 aromatic heterocycles. The minimum Gasteiger partial charge on any atom is -0.370 e. The number of anilines is 1. The fourth-order valence-corrected chi connectivity index (χ4v) is 3.50. The predicted octanol–water partition coefficient (Wildman–Crippen LogP) is 2.69. The topological polar surface area (TPSA) is 120 Å². The minimum absolute atomic E-state index is 0. The van der Waals surface area contributed by atoms with Gasteiger partial charge in [-0.25, -0.2) is 9.97 Å². The summed E-state index contributed by atoms with van der Waals surface area (Å²) in [6, 6.07) is 6.04. The van der Waals surface area contributed by atoms with Gasteiger partial charge < -0.3 is 21.3 Å². The number of benzene rings is 1. The van der Waals surface area contributed by atoms with E-state index in [1.807, 2.05) is 25.1 Å². The van der Waals surface area contributed by atoms with Crippen LogP contribution in [0.25, 0.3) is 10.9 Å². The van der Waals surface area contributed by atoms with Crippen LogP contribution in [0.15, 0.2) is 18.2 Å². The van der Waals surface area contributed by atoms with E-state index in [4.69, 9.17) is 11.1 Å². The van der Waals surface area contributed by atoms with Crippen molar-refractivity contribution in [3.05, 3.63) is 29.6 Å². The van der Waals surface area contributed by atoms with Crippen molar-refractivity contribution in [1.29, 1.82) is 5.41 Å². The SMILES string of the molecule is Cc1ccc2nc(C(=O)N(C)C)nc(N[C@H]3CCCC[C@H]3NC(=N)N)c2c1.Cl.Cl. The summed E-state index contributed by atoms with van der Waals surface area (Å²) >= 11 is 0. The maximum atomic E-state index is 12.4. The number of nitrogens with one attached hydrogen (secondary N) is 3. The second kappa shape index (κ2) is 10.5. The number of fused-ring (bicyclic) bond motifs is 1. The van der Waals surface area contributed by atoms with Gasteiger partial charge in [-0.3, -0.25) is 10.2 Å². The Morgan fingerprint density at radius 2 is 1.83 bits per heavy atom. The molecule has 1 aliphatic rings. The fraction of sp³-hybridized carbons (Fsp3) is 0.474. The van der Waals surface area contributed by atoms with Crippen LogP contribution in [0.4, 0.5) is 5.82 Å². The molecule has 5 N–H and O–H groups in total. The van der Waals surface area contributed by atoms with Crippen LogP contribution in [0, 0.1) is 12.3 Å². The summed E-state index contributed by atoms with van der Waals surface area (Å²) in [6.45, 7) is 2.02. The molecule has 1 fully saturated rings. The minimum atomic E-state index is -0.234. The highest BCUT2D eigenvalue weighted by atomic mass is 35.5. The molecular weight excluding hydrogens is 413 g/mol. The average Bonchev–Trinajstić information content (AvgIpc) is 2.62. The summed E-state index contributed by atoms with van der Waals surface area (Å²) < 4.78 is 0. The largest absolute Gasteiger partial charge is 0.370 e. The zero-order valence-electron chi connectivity index (χ0n) is 16.9. The Bertz CT molecular complexity index is 875. The molecule has 0 spiro atoms. The maximum absolute atomic E-state index is 12.4. The first-order valence-corrected chi connectivity index (χ1v) is 9.22. The number of hydrogen-bond acceptors (Lipinski definition) is 5. The molecule has 1 amide bonds. The molecule has 0 unspecified atom stereocenters. The van der Waals surface area contributed by atoms with Crippen molar-refractivity contribution >= 4 is 53.4 Å². The molecule has 29 heavy (non-hydrogen) atoms. The number of nitrogens with zero attached hydrogens (tertiary/aromatic N) is 3. The molecule has 0 aliphatic heterocycles. The monoisotopic (exact) mass is 441 g/mol. The lowest BCUT2D eigenvalue weighted by Gasteiger charge is -2.33. The summed E-state index contributed by atoms with van der Waals surface area (Å²) in [6.07, 6.45) is 4.07. The first-order chi connectivity index (χ1) is 12.8. The number of halogens is 2. The number of aromatic nitrogens is 2. The molecular formula is C19H29Cl2N7O. The van der Waals surface area contributed by atoms with Crippen LogP contribution in [0.5, 0.6) is 0 Å². The van der Waals surface area contributed by atoms with Crippen molar-refractivity contribution in [3.8, 4) is 0 Å². The Hall–Kier alpha value is -2.32. The van der Waals surface area contributed by atoms with E-state index < -0.39 is 0 Å². The molecule has 2 atom stereocenters. The standard InChI is InChI=1S/C19H27N7O.2ClH/c1-11-8-9-13-12(10-11)16(25-17(22-13)18(27)26(2)3)23-14-6-4-5-7-15(14)24-19(20)21;;/h8-10,14-15H,4-7H2,1-3H3,(H4,20,21,24)(H,22,23,25);2*1H/t14-,15+;;/m0../s1. The summed E-state index contributed by atoms with van der Waals surface area (Å²) in [5.74, 6) is 0.560. The van der Waals surface area contributed by atoms with Crippen molar-refractivity contribution in [2.75, 3.05) is 19.4 Å². The van der Waals surface area contributed by atoms with Crippen molar-refractivity contribution in [2.24, 2.45) is 5.73 Å². The van der Waals surface area contributed by atoms with Gasteiger partial charge in [0.05, 0.1) is 5.52 Å². The normalized spacial score (nSPS) is 18.2. The predicted molar refractivity (Wildman–Crippen MR) is 122 cm³/mol. The lowest BCUT2D eigenvalue weighted by Crippen LogP contribution is -2.50. The smallest absolute Gasteiger partial charge is 0.291 e. The van der Waals surface area contributed by atoms with E-state index in [9.17, 15) is 4.79 Å². The Morgan fingerprint density at radius 1 is 1.17 bits per heavy atom. The Balaban J connectivity index is 0.00000210. The van der Waals surface area contributed by atoms with Crippen molar-refractivity contribution in [2.45, 2.75) is 44.7 Å². The van der Waals surface area contributed by atoms with Gasteiger partial charge in [-0.15, -0.1) is 24.8 Å². The fourth-order valence-electron chi connectivity index (χ4n) is 3.50. The van der Waals surface area contributed by atoms with Gasteiger partial charge in [-0.05, 0) is 31.9 Å². The molecule has 1 aromatic carbocycles. The molecule has 0 bridgehead atoms. The highest BCUT2D eigenvalue weighted by molar-refractivity contribution is 5.96. The number of guanidine groups is 1. The van der Waals surface area contributed by atoms with Gasteiger partial charge in [0, 0.05) is 31.6 Å². The Kier molecular flexibility index (Phi) is 8.91. The molecule has 0 saturated heterocycles. The van der Waals surface area contributed by atoms with E-state index in [0.717, 1.165) is 42.1 Å². The van der Waals surface area contributed by atoms with Crippen LogP contribution in [0.1, 0.15) is 41.9 Å². The molecule has 10 heteroatoms. The van der Waals surface area contributed by atoms with Gasteiger partial charge in [-0.2, -0.15) is 0 Å². The molecule has 1 aliphatic carbocycles. The van der Waals surface area contributed by atoms with Crippen LogP contribution in [-0.4, -0.2) is 52.9 Å². The molecule has 8 nitrogen and oxygen atoms in total. The van der Waals surface area contributed by atoms with Gasteiger partial charge in [0.25, 0.3) is 5.91 Å². The third-order valence-electron chi connectivity index (χ3n) is 4.88. The number of rotatable bonds is 4. The average molecular weight is 442 g/mol. The molecule has 3 rings (SSSR count). The first-order valence-electron chi connectivity index (χ1n) is 9.22. The summed E-state index contributed by atoms with van der Waals surface area (Å²) in [5, 5.41) is 15.0. The molecule has 160 valence electrons. The zero-order chi connectivity index (χ0) is 19.6. The summed E-state index contributed by atoms with van der Waals surface area (Å²) in [7, 11) is 3.37. The van der Waals surface area contributed by atoms with Crippen LogP contribution < -0.4 is 16.4 Å². The van der Waals surface area contributed by atoms with Crippen molar-refractivity contribution in [3.63, 3.8) is 0 Å². The highest BCUT2D eigenvalue weighted by Gasteiger charge is 2.27. The first kappa shape index (κ1) is 24.7. The Morgan fingerprint density at radius 3 is 2.45 bits per heavy atom. The zero-order valence-corrected chi connectivity index (χ0v) is 18.5. The Labute approximate surface area is 183 Å². The number of amides is 1. The second-order valence-electron chi connectivity index (χ2n) is 7.32. The van der Waals surface area contributed by atoms with Crippen molar-refractivity contribution < 1.29 is 4.79 Å². The molecule has 0 radical (unpaired) electrons. The van der Waals surface area contributed by atoms with Crippen LogP contribution in [-0.2, 0) is 0 Å². The van der Waals surface area contributed by atoms with Crippen molar-refractivity contribution in [1.82, 2.24) is 20.2 Å². The van der Waals surface area contributed by atoms with E-state index in [-0.39, 0.29) is 54.6 Å². The van der Waals surface area contributed by atoms with E-state index >= 15 is 0 Å². The van der Waals surface area contributed by atoms with Crippen LogP contribution in [0.2, 0.25) is 0 Å². The van der Waals surface area contributed by atoms with E-state index in [1.165, 1.54) is 4.90 Å². The lowest BCUT2D eigenvalue weighted by molar-refractivity contribution is 0.0816. The van der Waals surface area contributed by atoms with E-state index in [0.29, 0.717) is 5.82 Å². The van der Waals surface area contributed by atoms with Gasteiger partial charge in [0.1, 0.15) is 5.82 Å². The van der Waals surface area contributed by atoms with Gasteiger partial charge in [0.2, 0.25) is 5.82 Å². The van der Waals surface area contributed by atoms with E-state index in [1.54, 1.807) is 14.1 Å². The molecule has 2 aromatic rings. The quantitative estimate of drug-likeness (QED) is 0.427. The summed E-state index contributed by atoms with van der Waals surface area (Å²) in [5.41, 5.74) is 7.39. The number of nitrogens with two attached hydrogens (primary N) is 1. The highest BCUT2D eigenvalue weighted by Crippen LogP contribution is 2.27. The molecule has 1 heterocycles. The van der Waals surface area contributed by atoms with Gasteiger partial charge in [0.15, 0.2) is 5.96 Å². The number of aryl methyl sites for hydroxylation is 1. The third kappa shape index (κ3) is 5.83. The van der Waals surface area contributed by atoms with Crippen LogP contribution >= 0.6 is 24.8 Å². The van der Waals surface area contributed by atoms with E-state index in [2.05, 4.69) is 20.6 Å². The van der Waals surface area contributed by atoms with Gasteiger partial charge in [-0.1, -0.05) is 24.5 Å². The lowest BCUT2D eigenvalue weighted by atomic mass is 9.90. The second-order valence-corrected chi connectivity index (χ2v) is 7.32. The number of carbonyl (C=O) groups is 1. The maximum Gasteiger partial charge on any atom is 0.291 e. The van der Waals surface area contributed by atoms with Crippen LogP contribution in [0.3, 0.4) is 0 Å². The van der Waals surface area contributed by atoms with Gasteiger partial charge >= 0.3 is 0 Å². The molecule has 1 saturated carbocycles. The third-order valence-corrected chi connectivity index (χ3v) is 4.88. The number of carbonyl (C=O) groups excluding carboxylic acids is 1. The number of hydrogen-bond donors (Lipinski definition) is 4.